The van der Waals surface area contributed by atoms with Crippen molar-refractivity contribution in [3.63, 3.8) is 0 Å². The van der Waals surface area contributed by atoms with Crippen LogP contribution in [0.25, 0.3) is 0 Å². The molecule has 2 amide bonds. The number of aryl methyl sites for hydroxylation is 2. The van der Waals surface area contributed by atoms with Gasteiger partial charge in [-0.2, -0.15) is 0 Å². The fraction of sp³-hybridized carbons (Fsp3) is 0.222. The molecular formula is C18H19BrN2O4. The van der Waals surface area contributed by atoms with Gasteiger partial charge >= 0.3 is 0 Å². The van der Waals surface area contributed by atoms with Crippen LogP contribution in [0.3, 0.4) is 0 Å². The summed E-state index contributed by atoms with van der Waals surface area (Å²) in [5.74, 6) is -0.697. The van der Waals surface area contributed by atoms with Gasteiger partial charge in [0.05, 0.1) is 18.1 Å². The first-order valence-corrected chi connectivity index (χ1v) is 8.33. The summed E-state index contributed by atoms with van der Waals surface area (Å²) in [6.45, 7) is 3.64. The summed E-state index contributed by atoms with van der Waals surface area (Å²) in [4.78, 5) is 24.3. The lowest BCUT2D eigenvalue weighted by Gasteiger charge is -2.12. The van der Waals surface area contributed by atoms with Gasteiger partial charge in [-0.25, -0.2) is 0 Å². The third kappa shape index (κ3) is 4.51. The fourth-order valence-electron chi connectivity index (χ4n) is 2.32. The molecule has 0 aliphatic rings. The zero-order chi connectivity index (χ0) is 18.6. The van der Waals surface area contributed by atoms with Crippen molar-refractivity contribution in [2.45, 2.75) is 13.8 Å². The van der Waals surface area contributed by atoms with Crippen LogP contribution in [0.15, 0.2) is 34.8 Å². The average Bonchev–Trinajstić information content (AvgIpc) is 2.58. The molecule has 0 saturated heterocycles. The van der Waals surface area contributed by atoms with Gasteiger partial charge in [-0.15, -0.1) is 0 Å². The van der Waals surface area contributed by atoms with Gasteiger partial charge in [0.25, 0.3) is 5.91 Å². The Morgan fingerprint density at radius 2 is 1.84 bits per heavy atom. The molecule has 2 aromatic carbocycles. The number of hydrogen-bond donors (Lipinski definition) is 3. The van der Waals surface area contributed by atoms with Crippen LogP contribution in [0.5, 0.6) is 11.5 Å². The van der Waals surface area contributed by atoms with Gasteiger partial charge < -0.3 is 20.5 Å². The first kappa shape index (κ1) is 18.8. The van der Waals surface area contributed by atoms with Gasteiger partial charge in [-0.3, -0.25) is 9.59 Å². The highest BCUT2D eigenvalue weighted by Crippen LogP contribution is 2.35. The van der Waals surface area contributed by atoms with Gasteiger partial charge in [0, 0.05) is 11.3 Å². The lowest BCUT2D eigenvalue weighted by molar-refractivity contribution is -0.115. The SMILES string of the molecule is COc1cc(C(=O)NCC(=O)Nc2c(C)cccc2C)cc(Br)c1O. The third-order valence-electron chi connectivity index (χ3n) is 3.67. The maximum Gasteiger partial charge on any atom is 0.251 e. The van der Waals surface area contributed by atoms with Gasteiger partial charge in [-0.1, -0.05) is 18.2 Å². The first-order valence-electron chi connectivity index (χ1n) is 7.54. The molecule has 25 heavy (non-hydrogen) atoms. The molecule has 7 heteroatoms. The number of phenols is 1. The van der Waals surface area contributed by atoms with Crippen molar-refractivity contribution in [2.24, 2.45) is 0 Å². The summed E-state index contributed by atoms with van der Waals surface area (Å²) in [6.07, 6.45) is 0. The van der Waals surface area contributed by atoms with Crippen molar-refractivity contribution < 1.29 is 19.4 Å². The van der Waals surface area contributed by atoms with E-state index in [9.17, 15) is 14.7 Å². The Morgan fingerprint density at radius 3 is 2.44 bits per heavy atom. The molecular weight excluding hydrogens is 388 g/mol. The quantitative estimate of drug-likeness (QED) is 0.711. The Labute approximate surface area is 154 Å². The zero-order valence-corrected chi connectivity index (χ0v) is 15.7. The summed E-state index contributed by atoms with van der Waals surface area (Å²) in [7, 11) is 1.39. The van der Waals surface area contributed by atoms with Crippen LogP contribution < -0.4 is 15.4 Å². The molecule has 0 fully saturated rings. The number of methoxy groups -OCH3 is 1. The van der Waals surface area contributed by atoms with Crippen molar-refractivity contribution in [3.05, 3.63) is 51.5 Å². The van der Waals surface area contributed by atoms with Gasteiger partial charge in [0.15, 0.2) is 11.5 Å². The largest absolute Gasteiger partial charge is 0.503 e. The van der Waals surface area contributed by atoms with E-state index in [-0.39, 0.29) is 29.5 Å². The van der Waals surface area contributed by atoms with Crippen LogP contribution >= 0.6 is 15.9 Å². The molecule has 0 radical (unpaired) electrons. The summed E-state index contributed by atoms with van der Waals surface area (Å²) in [5, 5.41) is 15.1. The first-order chi connectivity index (χ1) is 11.8. The molecule has 0 aromatic heterocycles. The molecule has 6 nitrogen and oxygen atoms in total. The molecule has 2 rings (SSSR count). The normalized spacial score (nSPS) is 10.2. The molecule has 0 unspecified atom stereocenters. The van der Waals surface area contributed by atoms with E-state index in [0.29, 0.717) is 4.47 Å². The lowest BCUT2D eigenvalue weighted by atomic mass is 10.1. The second kappa shape index (κ2) is 8.02. The lowest BCUT2D eigenvalue weighted by Crippen LogP contribution is -2.33. The van der Waals surface area contributed by atoms with Crippen LogP contribution in [0.4, 0.5) is 5.69 Å². The van der Waals surface area contributed by atoms with E-state index < -0.39 is 5.91 Å². The number of carbonyl (C=O) groups is 2. The Kier molecular flexibility index (Phi) is 6.03. The number of carbonyl (C=O) groups excluding carboxylic acids is 2. The summed E-state index contributed by atoms with van der Waals surface area (Å²) < 4.78 is 5.34. The average molecular weight is 407 g/mol. The minimum atomic E-state index is -0.448. The third-order valence-corrected chi connectivity index (χ3v) is 4.27. The minimum Gasteiger partial charge on any atom is -0.503 e. The maximum absolute atomic E-state index is 12.2. The standard InChI is InChI=1S/C18H19BrN2O4/c1-10-5-4-6-11(2)16(10)21-15(22)9-20-18(24)12-7-13(19)17(23)14(8-12)25-3/h4-8,23H,9H2,1-3H3,(H,20,24)(H,21,22). The van der Waals surface area contributed by atoms with Gasteiger partial charge in [0.2, 0.25) is 5.91 Å². The van der Waals surface area contributed by atoms with Crippen molar-refractivity contribution in [2.75, 3.05) is 19.0 Å². The number of aromatic hydroxyl groups is 1. The van der Waals surface area contributed by atoms with Crippen LogP contribution in [0, 0.1) is 13.8 Å². The van der Waals surface area contributed by atoms with Crippen LogP contribution in [-0.4, -0.2) is 30.6 Å². The number of phenolic OH excluding ortho intramolecular Hbond substituents is 1. The smallest absolute Gasteiger partial charge is 0.251 e. The number of amides is 2. The number of ether oxygens (including phenoxy) is 1. The second-order valence-electron chi connectivity index (χ2n) is 5.51. The zero-order valence-electron chi connectivity index (χ0n) is 14.1. The van der Waals surface area contributed by atoms with Crippen LogP contribution in [-0.2, 0) is 4.79 Å². The van der Waals surface area contributed by atoms with E-state index in [4.69, 9.17) is 4.74 Å². The number of nitrogens with one attached hydrogen (secondary N) is 2. The van der Waals surface area contributed by atoms with E-state index >= 15 is 0 Å². The molecule has 0 bridgehead atoms. The Morgan fingerprint density at radius 1 is 1.20 bits per heavy atom. The monoisotopic (exact) mass is 406 g/mol. The van der Waals surface area contributed by atoms with E-state index in [0.717, 1.165) is 16.8 Å². The number of benzene rings is 2. The molecule has 0 aliphatic heterocycles. The summed E-state index contributed by atoms with van der Waals surface area (Å²) in [5.41, 5.74) is 2.91. The van der Waals surface area contributed by atoms with E-state index in [1.807, 2.05) is 32.0 Å². The number of rotatable bonds is 5. The van der Waals surface area contributed by atoms with Crippen molar-refractivity contribution >= 4 is 33.4 Å². The highest BCUT2D eigenvalue weighted by atomic mass is 79.9. The Bertz CT molecular complexity index is 801. The highest BCUT2D eigenvalue weighted by molar-refractivity contribution is 9.10. The molecule has 3 N–H and O–H groups in total. The van der Waals surface area contributed by atoms with Crippen molar-refractivity contribution in [1.82, 2.24) is 5.32 Å². The van der Waals surface area contributed by atoms with E-state index in [2.05, 4.69) is 26.6 Å². The van der Waals surface area contributed by atoms with Gasteiger partial charge in [0.1, 0.15) is 0 Å². The van der Waals surface area contributed by atoms with E-state index in [1.165, 1.54) is 19.2 Å². The summed E-state index contributed by atoms with van der Waals surface area (Å²) >= 11 is 3.16. The number of hydrogen-bond acceptors (Lipinski definition) is 4. The molecule has 2 aromatic rings. The number of anilines is 1. The Balaban J connectivity index is 2.02. The molecule has 0 heterocycles. The van der Waals surface area contributed by atoms with Gasteiger partial charge in [-0.05, 0) is 53.0 Å². The van der Waals surface area contributed by atoms with Crippen LogP contribution in [0.1, 0.15) is 21.5 Å². The fourth-order valence-corrected chi connectivity index (χ4v) is 2.76. The van der Waals surface area contributed by atoms with Crippen molar-refractivity contribution in [1.29, 1.82) is 0 Å². The van der Waals surface area contributed by atoms with E-state index in [1.54, 1.807) is 0 Å². The van der Waals surface area contributed by atoms with Crippen LogP contribution in [0.2, 0.25) is 0 Å². The maximum atomic E-state index is 12.2. The minimum absolute atomic E-state index is 0.0909. The molecule has 0 saturated carbocycles. The molecule has 0 spiro atoms. The summed E-state index contributed by atoms with van der Waals surface area (Å²) in [6, 6.07) is 8.58. The molecule has 0 aliphatic carbocycles. The van der Waals surface area contributed by atoms with Crippen molar-refractivity contribution in [3.8, 4) is 11.5 Å². The Hall–Kier alpha value is -2.54. The predicted octanol–water partition coefficient (Wildman–Crippen LogP) is 3.15. The predicted molar refractivity (Wildman–Crippen MR) is 99.2 cm³/mol. The molecule has 0 atom stereocenters. The number of halogens is 1. The topological polar surface area (TPSA) is 87.7 Å². The molecule has 132 valence electrons. The number of para-hydroxylation sites is 1. The second-order valence-corrected chi connectivity index (χ2v) is 6.36. The highest BCUT2D eigenvalue weighted by Gasteiger charge is 2.15.